The van der Waals surface area contributed by atoms with Crippen LogP contribution in [-0.2, 0) is 0 Å². The van der Waals surface area contributed by atoms with Crippen molar-refractivity contribution in [3.63, 3.8) is 0 Å². The predicted molar refractivity (Wildman–Crippen MR) is 66.4 cm³/mol. The summed E-state index contributed by atoms with van der Waals surface area (Å²) < 4.78 is 0. The van der Waals surface area contributed by atoms with Gasteiger partial charge in [-0.15, -0.1) is 0 Å². The van der Waals surface area contributed by atoms with Gasteiger partial charge in [-0.25, -0.2) is 4.98 Å². The minimum atomic E-state index is 0.149. The van der Waals surface area contributed by atoms with E-state index in [1.807, 2.05) is 18.4 Å². The highest BCUT2D eigenvalue weighted by atomic mass is 32.2. The highest BCUT2D eigenvalue weighted by molar-refractivity contribution is 7.98. The number of anilines is 1. The Hall–Kier alpha value is -1.25. The first-order valence-corrected chi connectivity index (χ1v) is 6.43. The van der Waals surface area contributed by atoms with Crippen LogP contribution < -0.4 is 5.32 Å². The van der Waals surface area contributed by atoms with E-state index >= 15 is 0 Å². The van der Waals surface area contributed by atoms with Crippen molar-refractivity contribution in [3.05, 3.63) is 23.9 Å². The Bertz CT molecular complexity index is 358. The number of nitriles is 1. The third kappa shape index (κ3) is 4.09. The molecule has 0 aliphatic heterocycles. The van der Waals surface area contributed by atoms with Crippen LogP contribution in [0.1, 0.15) is 12.1 Å². The first kappa shape index (κ1) is 12.8. The number of hydrogen-bond acceptors (Lipinski definition) is 5. The van der Waals surface area contributed by atoms with Crippen molar-refractivity contribution in [3.8, 4) is 6.07 Å². The molecule has 1 aromatic heterocycles. The van der Waals surface area contributed by atoms with Gasteiger partial charge in [0.05, 0.1) is 0 Å². The summed E-state index contributed by atoms with van der Waals surface area (Å²) in [5.74, 6) is 1.59. The zero-order valence-corrected chi connectivity index (χ0v) is 10.00. The van der Waals surface area contributed by atoms with Gasteiger partial charge in [0.25, 0.3) is 0 Å². The average molecular weight is 237 g/mol. The van der Waals surface area contributed by atoms with E-state index in [2.05, 4.69) is 10.3 Å². The highest BCUT2D eigenvalue weighted by Crippen LogP contribution is 2.10. The molecule has 1 atom stereocenters. The third-order valence-electron chi connectivity index (χ3n) is 2.06. The van der Waals surface area contributed by atoms with Gasteiger partial charge in [0.1, 0.15) is 17.6 Å². The van der Waals surface area contributed by atoms with Gasteiger partial charge < -0.3 is 10.4 Å². The number of nitrogens with zero attached hydrogens (tertiary/aromatic N) is 2. The fourth-order valence-corrected chi connectivity index (χ4v) is 1.99. The number of pyridine rings is 1. The van der Waals surface area contributed by atoms with E-state index in [1.54, 1.807) is 23.9 Å². The average Bonchev–Trinajstić information content (AvgIpc) is 2.30. The Kier molecular flexibility index (Phi) is 5.68. The Morgan fingerprint density at radius 2 is 2.44 bits per heavy atom. The molecule has 0 aliphatic rings. The third-order valence-corrected chi connectivity index (χ3v) is 2.80. The molecule has 0 bridgehead atoms. The molecule has 0 saturated heterocycles. The lowest BCUT2D eigenvalue weighted by atomic mass is 10.2. The lowest BCUT2D eigenvalue weighted by Crippen LogP contribution is -2.24. The molecule has 1 aromatic rings. The highest BCUT2D eigenvalue weighted by Gasteiger charge is 2.08. The summed E-state index contributed by atoms with van der Waals surface area (Å²) in [7, 11) is 0. The lowest BCUT2D eigenvalue weighted by Gasteiger charge is -2.17. The van der Waals surface area contributed by atoms with Crippen molar-refractivity contribution in [2.45, 2.75) is 12.5 Å². The number of hydrogen-bond donors (Lipinski definition) is 2. The number of nitrogens with one attached hydrogen (secondary N) is 1. The van der Waals surface area contributed by atoms with Crippen LogP contribution in [0, 0.1) is 11.3 Å². The smallest absolute Gasteiger partial charge is 0.142 e. The second-order valence-corrected chi connectivity index (χ2v) is 4.24. The largest absolute Gasteiger partial charge is 0.396 e. The van der Waals surface area contributed by atoms with Gasteiger partial charge in [-0.3, -0.25) is 0 Å². The molecular weight excluding hydrogens is 222 g/mol. The predicted octanol–water partition coefficient (Wildman–Crippen LogP) is 1.48. The molecule has 1 rings (SSSR count). The standard InChI is InChI=1S/C11H15N3OS/c1-16-8-10(5-6-15)14-11-4-2-3-9(7-12)13-11/h2-4,10,15H,5-6,8H2,1H3,(H,13,14). The van der Waals surface area contributed by atoms with E-state index in [0.29, 0.717) is 17.9 Å². The molecule has 1 unspecified atom stereocenters. The summed E-state index contributed by atoms with van der Waals surface area (Å²) in [5, 5.41) is 20.9. The van der Waals surface area contributed by atoms with Crippen molar-refractivity contribution < 1.29 is 5.11 Å². The van der Waals surface area contributed by atoms with Crippen LogP contribution >= 0.6 is 11.8 Å². The molecule has 0 aliphatic carbocycles. The van der Waals surface area contributed by atoms with Crippen LogP contribution in [0.2, 0.25) is 0 Å². The molecule has 86 valence electrons. The maximum Gasteiger partial charge on any atom is 0.142 e. The van der Waals surface area contributed by atoms with Crippen molar-refractivity contribution in [1.82, 2.24) is 4.98 Å². The fourth-order valence-electron chi connectivity index (χ4n) is 1.34. The van der Waals surface area contributed by atoms with Crippen LogP contribution in [-0.4, -0.2) is 34.7 Å². The van der Waals surface area contributed by atoms with Gasteiger partial charge in [-0.1, -0.05) is 6.07 Å². The van der Waals surface area contributed by atoms with Crippen LogP contribution in [0.3, 0.4) is 0 Å². The topological polar surface area (TPSA) is 68.9 Å². The molecule has 4 nitrogen and oxygen atoms in total. The van der Waals surface area contributed by atoms with Crippen LogP contribution in [0.4, 0.5) is 5.82 Å². The monoisotopic (exact) mass is 237 g/mol. The molecule has 16 heavy (non-hydrogen) atoms. The molecular formula is C11H15N3OS. The summed E-state index contributed by atoms with van der Waals surface area (Å²) >= 11 is 1.71. The van der Waals surface area contributed by atoms with Crippen molar-refractivity contribution >= 4 is 17.6 Å². The van der Waals surface area contributed by atoms with Gasteiger partial charge >= 0.3 is 0 Å². The molecule has 0 spiro atoms. The maximum atomic E-state index is 8.92. The first-order valence-electron chi connectivity index (χ1n) is 5.03. The fraction of sp³-hybridized carbons (Fsp3) is 0.455. The van der Waals surface area contributed by atoms with Gasteiger partial charge in [0.2, 0.25) is 0 Å². The minimum absolute atomic E-state index is 0.149. The Balaban J connectivity index is 2.65. The minimum Gasteiger partial charge on any atom is -0.396 e. The maximum absolute atomic E-state index is 8.92. The van der Waals surface area contributed by atoms with Gasteiger partial charge in [0.15, 0.2) is 0 Å². The van der Waals surface area contributed by atoms with Crippen molar-refractivity contribution in [2.75, 3.05) is 23.9 Å². The normalized spacial score (nSPS) is 11.8. The molecule has 0 amide bonds. The Morgan fingerprint density at radius 1 is 1.62 bits per heavy atom. The van der Waals surface area contributed by atoms with E-state index in [4.69, 9.17) is 10.4 Å². The van der Waals surface area contributed by atoms with Crippen molar-refractivity contribution in [2.24, 2.45) is 0 Å². The number of aromatic nitrogens is 1. The van der Waals surface area contributed by atoms with E-state index in [-0.39, 0.29) is 12.6 Å². The van der Waals surface area contributed by atoms with Crippen molar-refractivity contribution in [1.29, 1.82) is 5.26 Å². The quantitative estimate of drug-likeness (QED) is 0.784. The van der Waals surface area contributed by atoms with Gasteiger partial charge in [-0.05, 0) is 24.8 Å². The van der Waals surface area contributed by atoms with Crippen LogP contribution in [0.5, 0.6) is 0 Å². The molecule has 0 fully saturated rings. The summed E-state index contributed by atoms with van der Waals surface area (Å²) in [6, 6.07) is 7.47. The van der Waals surface area contributed by atoms with E-state index in [1.165, 1.54) is 0 Å². The number of thioether (sulfide) groups is 1. The molecule has 0 aromatic carbocycles. The number of aliphatic hydroxyl groups is 1. The second kappa shape index (κ2) is 7.09. The SMILES string of the molecule is CSCC(CCO)Nc1cccc(C#N)n1. The second-order valence-electron chi connectivity index (χ2n) is 3.33. The van der Waals surface area contributed by atoms with Crippen LogP contribution in [0.25, 0.3) is 0 Å². The summed E-state index contributed by atoms with van der Waals surface area (Å²) in [6.07, 6.45) is 2.70. The summed E-state index contributed by atoms with van der Waals surface area (Å²) in [4.78, 5) is 4.13. The van der Waals surface area contributed by atoms with Gasteiger partial charge in [0, 0.05) is 18.4 Å². The lowest BCUT2D eigenvalue weighted by molar-refractivity contribution is 0.282. The van der Waals surface area contributed by atoms with E-state index in [9.17, 15) is 0 Å². The molecule has 5 heteroatoms. The number of rotatable bonds is 6. The Labute approximate surface area is 99.7 Å². The van der Waals surface area contributed by atoms with E-state index < -0.39 is 0 Å². The molecule has 1 heterocycles. The zero-order valence-electron chi connectivity index (χ0n) is 9.18. The number of aliphatic hydroxyl groups excluding tert-OH is 1. The van der Waals surface area contributed by atoms with E-state index in [0.717, 1.165) is 5.75 Å². The molecule has 0 radical (unpaired) electrons. The molecule has 0 saturated carbocycles. The van der Waals surface area contributed by atoms with Crippen LogP contribution in [0.15, 0.2) is 18.2 Å². The summed E-state index contributed by atoms with van der Waals surface area (Å²) in [5.41, 5.74) is 0.400. The van der Waals surface area contributed by atoms with Gasteiger partial charge in [-0.2, -0.15) is 17.0 Å². The summed E-state index contributed by atoms with van der Waals surface area (Å²) in [6.45, 7) is 0.149. The Morgan fingerprint density at radius 3 is 3.06 bits per heavy atom. The molecule has 2 N–H and O–H groups in total. The zero-order chi connectivity index (χ0) is 11.8. The first-order chi connectivity index (χ1) is 7.80.